The van der Waals surface area contributed by atoms with E-state index in [1.54, 1.807) is 4.90 Å². The van der Waals surface area contributed by atoms with Gasteiger partial charge in [0.2, 0.25) is 10.0 Å². The van der Waals surface area contributed by atoms with Crippen LogP contribution in [0.1, 0.15) is 29.6 Å². The van der Waals surface area contributed by atoms with E-state index in [0.717, 1.165) is 31.4 Å². The number of amides is 1. The molecule has 0 spiro atoms. The molecule has 1 aromatic carbocycles. The van der Waals surface area contributed by atoms with Crippen LogP contribution in [-0.2, 0) is 10.0 Å². The third-order valence-corrected chi connectivity index (χ3v) is 6.62. The second-order valence-corrected chi connectivity index (χ2v) is 8.91. The molecule has 2 aliphatic heterocycles. The predicted octanol–water partition coefficient (Wildman–Crippen LogP) is 2.10. The molecular formula is C17H22F2N2O3S. The van der Waals surface area contributed by atoms with Crippen molar-refractivity contribution in [1.82, 2.24) is 9.21 Å². The Balaban J connectivity index is 1.58. The number of carbonyl (C=O) groups excluding carboxylic acids is 1. The van der Waals surface area contributed by atoms with Crippen LogP contribution in [0.25, 0.3) is 0 Å². The summed E-state index contributed by atoms with van der Waals surface area (Å²) in [7, 11) is -3.14. The number of nitrogens with zero attached hydrogens (tertiary/aromatic N) is 2. The molecule has 25 heavy (non-hydrogen) atoms. The van der Waals surface area contributed by atoms with Crippen molar-refractivity contribution in [3.63, 3.8) is 0 Å². The Morgan fingerprint density at radius 3 is 2.28 bits per heavy atom. The Bertz CT molecular complexity index is 761. The van der Waals surface area contributed by atoms with Gasteiger partial charge in [0, 0.05) is 31.7 Å². The number of likely N-dealkylation sites (tertiary alicyclic amines) is 1. The minimum atomic E-state index is -3.14. The van der Waals surface area contributed by atoms with Crippen LogP contribution in [-0.4, -0.2) is 56.0 Å². The van der Waals surface area contributed by atoms with Crippen molar-refractivity contribution in [3.8, 4) is 0 Å². The fraction of sp³-hybridized carbons (Fsp3) is 0.588. The van der Waals surface area contributed by atoms with Gasteiger partial charge in [0.25, 0.3) is 5.91 Å². The van der Waals surface area contributed by atoms with Crippen molar-refractivity contribution in [2.75, 3.05) is 32.4 Å². The third kappa shape index (κ3) is 4.00. The lowest BCUT2D eigenvalue weighted by Crippen LogP contribution is -2.40. The summed E-state index contributed by atoms with van der Waals surface area (Å²) < 4.78 is 51.0. The average molecular weight is 372 g/mol. The fourth-order valence-corrected chi connectivity index (χ4v) is 4.72. The molecule has 2 saturated heterocycles. The van der Waals surface area contributed by atoms with Crippen molar-refractivity contribution in [1.29, 1.82) is 0 Å². The smallest absolute Gasteiger partial charge is 0.253 e. The zero-order valence-electron chi connectivity index (χ0n) is 14.1. The van der Waals surface area contributed by atoms with E-state index < -0.39 is 21.7 Å². The number of benzene rings is 1. The van der Waals surface area contributed by atoms with Gasteiger partial charge < -0.3 is 4.90 Å². The average Bonchev–Trinajstić information content (AvgIpc) is 3.06. The second kappa shape index (κ2) is 6.99. The molecule has 0 radical (unpaired) electrons. The summed E-state index contributed by atoms with van der Waals surface area (Å²) in [5, 5.41) is 0. The lowest BCUT2D eigenvalue weighted by atomic mass is 9.84. The highest BCUT2D eigenvalue weighted by Crippen LogP contribution is 2.33. The standard InChI is InChI=1S/C17H22F2N2O3S/c1-25(23,24)21-8-5-12(6-9-21)14-4-7-20(11-14)17(22)13-2-3-15(18)16(19)10-13/h2-3,10,12,14H,4-9,11H2,1H3. The lowest BCUT2D eigenvalue weighted by molar-refractivity contribution is 0.0778. The largest absolute Gasteiger partial charge is 0.338 e. The Morgan fingerprint density at radius 2 is 1.68 bits per heavy atom. The SMILES string of the molecule is CS(=O)(=O)N1CCC(C2CCN(C(=O)c3ccc(F)c(F)c3)C2)CC1. The Labute approximate surface area is 146 Å². The van der Waals surface area contributed by atoms with Crippen molar-refractivity contribution in [3.05, 3.63) is 35.4 Å². The molecule has 3 rings (SSSR count). The van der Waals surface area contributed by atoms with Crippen LogP contribution < -0.4 is 0 Å². The number of carbonyl (C=O) groups is 1. The molecule has 2 heterocycles. The quantitative estimate of drug-likeness (QED) is 0.817. The predicted molar refractivity (Wildman–Crippen MR) is 89.5 cm³/mol. The van der Waals surface area contributed by atoms with Crippen molar-refractivity contribution < 1.29 is 22.0 Å². The van der Waals surface area contributed by atoms with Gasteiger partial charge >= 0.3 is 0 Å². The van der Waals surface area contributed by atoms with Gasteiger partial charge in [-0.2, -0.15) is 0 Å². The van der Waals surface area contributed by atoms with E-state index in [2.05, 4.69) is 0 Å². The maximum Gasteiger partial charge on any atom is 0.253 e. The van der Waals surface area contributed by atoms with E-state index in [1.807, 2.05) is 0 Å². The summed E-state index contributed by atoms with van der Waals surface area (Å²) in [6, 6.07) is 3.21. The molecule has 0 aromatic heterocycles. The van der Waals surface area contributed by atoms with E-state index in [1.165, 1.54) is 16.6 Å². The van der Waals surface area contributed by atoms with E-state index in [9.17, 15) is 22.0 Å². The summed E-state index contributed by atoms with van der Waals surface area (Å²) in [6.45, 7) is 2.23. The van der Waals surface area contributed by atoms with Crippen LogP contribution in [0, 0.1) is 23.5 Å². The molecule has 5 nitrogen and oxygen atoms in total. The van der Waals surface area contributed by atoms with Crippen molar-refractivity contribution >= 4 is 15.9 Å². The molecule has 1 unspecified atom stereocenters. The van der Waals surface area contributed by atoms with E-state index >= 15 is 0 Å². The molecule has 2 fully saturated rings. The molecular weight excluding hydrogens is 350 g/mol. The van der Waals surface area contributed by atoms with Gasteiger partial charge in [0.05, 0.1) is 6.26 Å². The normalized spacial score (nSPS) is 23.2. The molecule has 8 heteroatoms. The van der Waals surface area contributed by atoms with Crippen LogP contribution in [0.2, 0.25) is 0 Å². The van der Waals surface area contributed by atoms with Crippen LogP contribution >= 0.6 is 0 Å². The fourth-order valence-electron chi connectivity index (χ4n) is 3.85. The highest BCUT2D eigenvalue weighted by molar-refractivity contribution is 7.88. The van der Waals surface area contributed by atoms with Crippen LogP contribution in [0.3, 0.4) is 0 Å². The van der Waals surface area contributed by atoms with Gasteiger partial charge in [0.1, 0.15) is 0 Å². The first-order chi connectivity index (χ1) is 11.8. The molecule has 2 aliphatic rings. The first-order valence-electron chi connectivity index (χ1n) is 8.45. The Morgan fingerprint density at radius 1 is 1.04 bits per heavy atom. The maximum atomic E-state index is 13.3. The van der Waals surface area contributed by atoms with Crippen molar-refractivity contribution in [2.45, 2.75) is 19.3 Å². The molecule has 0 saturated carbocycles. The number of hydrogen-bond acceptors (Lipinski definition) is 3. The Hall–Kier alpha value is -1.54. The molecule has 0 N–H and O–H groups in total. The van der Waals surface area contributed by atoms with E-state index in [-0.39, 0.29) is 11.5 Å². The summed E-state index contributed by atoms with van der Waals surface area (Å²) in [5.74, 6) is -1.55. The van der Waals surface area contributed by atoms with E-state index in [0.29, 0.717) is 38.0 Å². The van der Waals surface area contributed by atoms with Gasteiger partial charge in [-0.1, -0.05) is 0 Å². The summed E-state index contributed by atoms with van der Waals surface area (Å²) in [4.78, 5) is 14.2. The number of sulfonamides is 1. The van der Waals surface area contributed by atoms with Crippen LogP contribution in [0.15, 0.2) is 18.2 Å². The monoisotopic (exact) mass is 372 g/mol. The number of halogens is 2. The second-order valence-electron chi connectivity index (χ2n) is 6.93. The van der Waals surface area contributed by atoms with E-state index in [4.69, 9.17) is 0 Å². The van der Waals surface area contributed by atoms with Gasteiger partial charge in [-0.3, -0.25) is 4.79 Å². The van der Waals surface area contributed by atoms with Crippen molar-refractivity contribution in [2.24, 2.45) is 11.8 Å². The maximum absolute atomic E-state index is 13.3. The molecule has 0 bridgehead atoms. The first kappa shape index (κ1) is 18.3. The number of piperidine rings is 1. The van der Waals surface area contributed by atoms with Crippen LogP contribution in [0.4, 0.5) is 8.78 Å². The van der Waals surface area contributed by atoms with Gasteiger partial charge in [0.15, 0.2) is 11.6 Å². The van der Waals surface area contributed by atoms with Gasteiger partial charge in [-0.25, -0.2) is 21.5 Å². The Kier molecular flexibility index (Phi) is 5.11. The number of hydrogen-bond donors (Lipinski definition) is 0. The van der Waals surface area contributed by atoms with Crippen LogP contribution in [0.5, 0.6) is 0 Å². The first-order valence-corrected chi connectivity index (χ1v) is 10.3. The molecule has 138 valence electrons. The minimum absolute atomic E-state index is 0.159. The van der Waals surface area contributed by atoms with Gasteiger partial charge in [-0.05, 0) is 49.3 Å². The highest BCUT2D eigenvalue weighted by Gasteiger charge is 2.35. The highest BCUT2D eigenvalue weighted by atomic mass is 32.2. The number of rotatable bonds is 3. The molecule has 1 amide bonds. The zero-order chi connectivity index (χ0) is 18.2. The minimum Gasteiger partial charge on any atom is -0.338 e. The topological polar surface area (TPSA) is 57.7 Å². The molecule has 0 aliphatic carbocycles. The van der Waals surface area contributed by atoms with Gasteiger partial charge in [-0.15, -0.1) is 0 Å². The molecule has 1 aromatic rings. The summed E-state index contributed by atoms with van der Waals surface area (Å²) >= 11 is 0. The zero-order valence-corrected chi connectivity index (χ0v) is 14.9. The third-order valence-electron chi connectivity index (χ3n) is 5.31. The summed E-state index contributed by atoms with van der Waals surface area (Å²) in [6.07, 6.45) is 3.68. The lowest BCUT2D eigenvalue weighted by Gasteiger charge is -2.33. The molecule has 1 atom stereocenters. The summed E-state index contributed by atoms with van der Waals surface area (Å²) in [5.41, 5.74) is 0.159.